The number of β-amino-alcohol motifs (C(OH)–C–C–N with tert-alkyl or cyclic N) is 1. The minimum atomic E-state index is -0.227. The number of rotatable bonds is 9. The first kappa shape index (κ1) is 24.4. The number of anilines is 1. The maximum atomic E-state index is 10.4. The molecule has 1 aliphatic rings. The predicted molar refractivity (Wildman–Crippen MR) is 140 cm³/mol. The molecule has 1 aromatic heterocycles. The van der Waals surface area contributed by atoms with Crippen LogP contribution in [0.2, 0.25) is 0 Å². The summed E-state index contributed by atoms with van der Waals surface area (Å²) in [6.07, 6.45) is 3.71. The first-order chi connectivity index (χ1) is 16.5. The summed E-state index contributed by atoms with van der Waals surface area (Å²) in [5, 5.41) is 10.4. The summed E-state index contributed by atoms with van der Waals surface area (Å²) in [5.41, 5.74) is 5.86. The molecule has 4 rings (SSSR count). The summed E-state index contributed by atoms with van der Waals surface area (Å²) in [5.74, 6) is 1.84. The average Bonchev–Trinajstić information content (AvgIpc) is 2.85. The highest BCUT2D eigenvalue weighted by Gasteiger charge is 2.24. The van der Waals surface area contributed by atoms with E-state index < -0.39 is 0 Å². The molecule has 0 bridgehead atoms. The van der Waals surface area contributed by atoms with E-state index in [1.54, 1.807) is 0 Å². The zero-order valence-corrected chi connectivity index (χ0v) is 20.9. The maximum Gasteiger partial charge on any atom is 0.161 e. The molecule has 1 saturated heterocycles. The second-order valence-corrected chi connectivity index (χ2v) is 9.55. The van der Waals surface area contributed by atoms with Crippen molar-refractivity contribution in [3.63, 3.8) is 0 Å². The quantitative estimate of drug-likeness (QED) is 0.488. The molecule has 1 fully saturated rings. The topological polar surface area (TPSA) is 52.5 Å². The number of unbranched alkanes of at least 4 members (excludes halogenated alkanes) is 1. The molecule has 1 unspecified atom stereocenters. The number of aryl methyl sites for hydroxylation is 2. The van der Waals surface area contributed by atoms with E-state index in [4.69, 9.17) is 9.97 Å². The van der Waals surface area contributed by atoms with Gasteiger partial charge in [0.15, 0.2) is 5.82 Å². The molecular formula is C29H38N4O. The van der Waals surface area contributed by atoms with Crippen LogP contribution < -0.4 is 4.90 Å². The van der Waals surface area contributed by atoms with Crippen molar-refractivity contribution < 1.29 is 5.11 Å². The lowest BCUT2D eigenvalue weighted by molar-refractivity contribution is 0.100. The van der Waals surface area contributed by atoms with Gasteiger partial charge in [0.05, 0.1) is 6.10 Å². The van der Waals surface area contributed by atoms with Gasteiger partial charge in [-0.1, -0.05) is 79.9 Å². The Bertz CT molecular complexity index is 1060. The standard InChI is InChI=1S/C29H38N4O/c1-4-5-14-26(34)21-32-15-17-33(18-16-32)29-27(20-24-11-9-10-22(2)19-24)23(3)30-28(31-29)25-12-7-6-8-13-25/h6-13,19,26,34H,4-5,14-18,20-21H2,1-3H3. The van der Waals surface area contributed by atoms with Crippen molar-refractivity contribution in [2.24, 2.45) is 0 Å². The normalized spacial score (nSPS) is 15.5. The van der Waals surface area contributed by atoms with Crippen LogP contribution in [-0.2, 0) is 6.42 Å². The third kappa shape index (κ3) is 6.22. The van der Waals surface area contributed by atoms with E-state index in [0.717, 1.165) is 81.3 Å². The van der Waals surface area contributed by atoms with Gasteiger partial charge in [-0.25, -0.2) is 9.97 Å². The summed E-state index contributed by atoms with van der Waals surface area (Å²) in [6, 6.07) is 19.0. The molecule has 5 nitrogen and oxygen atoms in total. The van der Waals surface area contributed by atoms with Crippen LogP contribution in [0, 0.1) is 13.8 Å². The Hall–Kier alpha value is -2.76. The van der Waals surface area contributed by atoms with E-state index in [9.17, 15) is 5.11 Å². The fraction of sp³-hybridized carbons (Fsp3) is 0.448. The lowest BCUT2D eigenvalue weighted by atomic mass is 10.0. The molecule has 1 atom stereocenters. The Morgan fingerprint density at radius 1 is 0.941 bits per heavy atom. The number of nitrogens with zero attached hydrogens (tertiary/aromatic N) is 4. The third-order valence-corrected chi connectivity index (χ3v) is 6.72. The number of hydrogen-bond acceptors (Lipinski definition) is 5. The minimum absolute atomic E-state index is 0.227. The summed E-state index contributed by atoms with van der Waals surface area (Å²) < 4.78 is 0. The third-order valence-electron chi connectivity index (χ3n) is 6.72. The second kappa shape index (κ2) is 11.6. The fourth-order valence-corrected chi connectivity index (χ4v) is 4.76. The fourth-order valence-electron chi connectivity index (χ4n) is 4.76. The van der Waals surface area contributed by atoms with E-state index in [1.807, 2.05) is 18.2 Å². The van der Waals surface area contributed by atoms with Crippen molar-refractivity contribution >= 4 is 5.82 Å². The molecule has 0 radical (unpaired) electrons. The molecule has 180 valence electrons. The highest BCUT2D eigenvalue weighted by molar-refractivity contribution is 5.61. The SMILES string of the molecule is CCCCC(O)CN1CCN(c2nc(-c3ccccc3)nc(C)c2Cc2cccc(C)c2)CC1. The van der Waals surface area contributed by atoms with Crippen molar-refractivity contribution in [3.05, 3.63) is 77.0 Å². The lowest BCUT2D eigenvalue weighted by Crippen LogP contribution is -2.49. The monoisotopic (exact) mass is 458 g/mol. The van der Waals surface area contributed by atoms with Gasteiger partial charge < -0.3 is 10.0 Å². The number of benzene rings is 2. The first-order valence-corrected chi connectivity index (χ1v) is 12.7. The number of aliphatic hydroxyl groups excluding tert-OH is 1. The number of aromatic nitrogens is 2. The van der Waals surface area contributed by atoms with Crippen molar-refractivity contribution in [2.45, 2.75) is 52.6 Å². The zero-order chi connectivity index (χ0) is 23.9. The molecule has 2 heterocycles. The summed E-state index contributed by atoms with van der Waals surface area (Å²) in [6.45, 7) is 10.9. The Morgan fingerprint density at radius 2 is 1.71 bits per heavy atom. The maximum absolute atomic E-state index is 10.4. The number of aliphatic hydroxyl groups is 1. The van der Waals surface area contributed by atoms with Gasteiger partial charge in [0.25, 0.3) is 0 Å². The van der Waals surface area contributed by atoms with E-state index in [-0.39, 0.29) is 6.10 Å². The summed E-state index contributed by atoms with van der Waals surface area (Å²) in [4.78, 5) is 14.8. The molecule has 5 heteroatoms. The Labute approximate surface area is 204 Å². The van der Waals surface area contributed by atoms with Gasteiger partial charge in [-0.2, -0.15) is 0 Å². The van der Waals surface area contributed by atoms with Crippen molar-refractivity contribution in [3.8, 4) is 11.4 Å². The van der Waals surface area contributed by atoms with Crippen LogP contribution >= 0.6 is 0 Å². The van der Waals surface area contributed by atoms with Gasteiger partial charge in [-0.3, -0.25) is 4.90 Å². The number of piperazine rings is 1. The smallest absolute Gasteiger partial charge is 0.161 e. The molecule has 3 aromatic rings. The van der Waals surface area contributed by atoms with Crippen LogP contribution in [0.4, 0.5) is 5.82 Å². The largest absolute Gasteiger partial charge is 0.392 e. The van der Waals surface area contributed by atoms with Crippen LogP contribution in [0.5, 0.6) is 0 Å². The summed E-state index contributed by atoms with van der Waals surface area (Å²) >= 11 is 0. The molecule has 1 N–H and O–H groups in total. The van der Waals surface area contributed by atoms with Crippen LogP contribution in [0.25, 0.3) is 11.4 Å². The molecule has 1 aliphatic heterocycles. The molecule has 0 aliphatic carbocycles. The van der Waals surface area contributed by atoms with Gasteiger partial charge >= 0.3 is 0 Å². The molecule has 0 spiro atoms. The lowest BCUT2D eigenvalue weighted by Gasteiger charge is -2.37. The zero-order valence-electron chi connectivity index (χ0n) is 20.9. The second-order valence-electron chi connectivity index (χ2n) is 9.55. The van der Waals surface area contributed by atoms with Gasteiger partial charge in [0, 0.05) is 56.0 Å². The van der Waals surface area contributed by atoms with Crippen molar-refractivity contribution in [1.82, 2.24) is 14.9 Å². The Morgan fingerprint density at radius 3 is 2.41 bits per heavy atom. The van der Waals surface area contributed by atoms with E-state index in [1.165, 1.54) is 16.7 Å². The minimum Gasteiger partial charge on any atom is -0.392 e. The van der Waals surface area contributed by atoms with Gasteiger partial charge in [-0.15, -0.1) is 0 Å². The van der Waals surface area contributed by atoms with Crippen LogP contribution in [0.3, 0.4) is 0 Å². The van der Waals surface area contributed by atoms with E-state index in [0.29, 0.717) is 0 Å². The van der Waals surface area contributed by atoms with Crippen molar-refractivity contribution in [1.29, 1.82) is 0 Å². The van der Waals surface area contributed by atoms with Crippen LogP contribution in [-0.4, -0.2) is 58.8 Å². The molecule has 2 aromatic carbocycles. The predicted octanol–water partition coefficient (Wildman–Crippen LogP) is 5.02. The summed E-state index contributed by atoms with van der Waals surface area (Å²) in [7, 11) is 0. The Kier molecular flexibility index (Phi) is 8.30. The highest BCUT2D eigenvalue weighted by Crippen LogP contribution is 2.28. The molecule has 0 saturated carbocycles. The number of hydrogen-bond donors (Lipinski definition) is 1. The van der Waals surface area contributed by atoms with Crippen LogP contribution in [0.1, 0.15) is 48.6 Å². The van der Waals surface area contributed by atoms with Gasteiger partial charge in [0.2, 0.25) is 0 Å². The average molecular weight is 459 g/mol. The van der Waals surface area contributed by atoms with Gasteiger partial charge in [-0.05, 0) is 25.8 Å². The van der Waals surface area contributed by atoms with Crippen LogP contribution in [0.15, 0.2) is 54.6 Å². The van der Waals surface area contributed by atoms with E-state index >= 15 is 0 Å². The first-order valence-electron chi connectivity index (χ1n) is 12.7. The van der Waals surface area contributed by atoms with Crippen molar-refractivity contribution in [2.75, 3.05) is 37.6 Å². The van der Waals surface area contributed by atoms with E-state index in [2.05, 4.69) is 67.0 Å². The highest BCUT2D eigenvalue weighted by atomic mass is 16.3. The molecule has 34 heavy (non-hydrogen) atoms. The molecule has 0 amide bonds. The Balaban J connectivity index is 1.58. The molecular weight excluding hydrogens is 420 g/mol. The van der Waals surface area contributed by atoms with Gasteiger partial charge in [0.1, 0.15) is 5.82 Å².